The van der Waals surface area contributed by atoms with Crippen LogP contribution in [0.5, 0.6) is 0 Å². The molecule has 4 nitrogen and oxygen atoms in total. The number of rotatable bonds is 2. The molecule has 1 unspecified atom stereocenters. The number of H-pyrrole nitrogens is 1. The summed E-state index contributed by atoms with van der Waals surface area (Å²) in [4.78, 5) is 25.7. The smallest absolute Gasteiger partial charge is 0.310 e. The lowest BCUT2D eigenvalue weighted by Crippen LogP contribution is -2.37. The maximum atomic E-state index is 11.7. The van der Waals surface area contributed by atoms with Crippen molar-refractivity contribution >= 4 is 27.7 Å². The van der Waals surface area contributed by atoms with Gasteiger partial charge in [-0.1, -0.05) is 0 Å². The van der Waals surface area contributed by atoms with Gasteiger partial charge in [-0.2, -0.15) is 11.8 Å². The third kappa shape index (κ3) is 1.81. The third-order valence-corrected chi connectivity index (χ3v) is 3.98. The third-order valence-electron chi connectivity index (χ3n) is 2.09. The van der Waals surface area contributed by atoms with Crippen molar-refractivity contribution in [1.29, 1.82) is 0 Å². The lowest BCUT2D eigenvalue weighted by Gasteiger charge is -2.04. The number of hydrogen-bond donors (Lipinski definition) is 1. The summed E-state index contributed by atoms with van der Waals surface area (Å²) in [5.41, 5.74) is 0.0293. The Morgan fingerprint density at radius 1 is 1.64 bits per heavy atom. The highest BCUT2D eigenvalue weighted by Gasteiger charge is 2.24. The predicted octanol–water partition coefficient (Wildman–Crippen LogP) is 0.723. The molecule has 0 radical (unpaired) electrons. The van der Waals surface area contributed by atoms with Crippen molar-refractivity contribution in [3.63, 3.8) is 0 Å². The molecule has 1 aromatic heterocycles. The molecule has 0 aliphatic carbocycles. The summed E-state index contributed by atoms with van der Waals surface area (Å²) < 4.78 is 1.70. The Morgan fingerprint density at radius 2 is 2.29 bits per heavy atom. The number of aryl methyl sites for hydroxylation is 1. The highest BCUT2D eigenvalue weighted by molar-refractivity contribution is 9.10. The van der Waals surface area contributed by atoms with Gasteiger partial charge in [0.1, 0.15) is 4.47 Å². The molecule has 1 fully saturated rings. The van der Waals surface area contributed by atoms with Crippen molar-refractivity contribution in [2.24, 2.45) is 0 Å². The van der Waals surface area contributed by atoms with E-state index in [4.69, 9.17) is 0 Å². The van der Waals surface area contributed by atoms with E-state index in [0.717, 1.165) is 5.75 Å². The van der Waals surface area contributed by atoms with Gasteiger partial charge in [0.2, 0.25) is 0 Å². The van der Waals surface area contributed by atoms with Crippen molar-refractivity contribution in [3.05, 3.63) is 31.0 Å². The summed E-state index contributed by atoms with van der Waals surface area (Å²) >= 11 is 4.93. The first kappa shape index (κ1) is 10.0. The maximum absolute atomic E-state index is 11.7. The summed E-state index contributed by atoms with van der Waals surface area (Å²) in [6, 6.07) is 0. The minimum absolute atomic E-state index is 0.237. The van der Waals surface area contributed by atoms with Crippen LogP contribution in [0.15, 0.2) is 14.1 Å². The molecular weight excluding hydrogens is 268 g/mol. The topological polar surface area (TPSA) is 54.9 Å². The minimum atomic E-state index is -0.316. The number of aromatic nitrogens is 2. The molecule has 1 N–H and O–H groups in total. The zero-order valence-electron chi connectivity index (χ0n) is 7.54. The summed E-state index contributed by atoms with van der Waals surface area (Å²) in [5, 5.41) is 0.434. The van der Waals surface area contributed by atoms with Gasteiger partial charge >= 0.3 is 5.69 Å². The summed E-state index contributed by atoms with van der Waals surface area (Å²) in [7, 11) is 0. The Morgan fingerprint density at radius 3 is 2.86 bits per heavy atom. The van der Waals surface area contributed by atoms with E-state index in [1.165, 1.54) is 4.57 Å². The number of halogens is 1. The Kier molecular flexibility index (Phi) is 2.57. The van der Waals surface area contributed by atoms with Crippen LogP contribution in [-0.2, 0) is 6.54 Å². The summed E-state index contributed by atoms with van der Waals surface area (Å²) in [6.45, 7) is 2.21. The first-order valence-corrected chi connectivity index (χ1v) is 6.04. The van der Waals surface area contributed by atoms with Crippen LogP contribution in [0.25, 0.3) is 0 Å². The van der Waals surface area contributed by atoms with E-state index in [2.05, 4.69) is 20.9 Å². The van der Waals surface area contributed by atoms with Crippen LogP contribution in [0.4, 0.5) is 0 Å². The zero-order chi connectivity index (χ0) is 10.3. The molecule has 1 saturated heterocycles. The zero-order valence-corrected chi connectivity index (χ0v) is 9.94. The fraction of sp³-hybridized carbons (Fsp3) is 0.500. The Hall–Kier alpha value is -0.490. The molecule has 14 heavy (non-hydrogen) atoms. The molecule has 0 saturated carbocycles. The van der Waals surface area contributed by atoms with E-state index < -0.39 is 0 Å². The van der Waals surface area contributed by atoms with Gasteiger partial charge in [0.15, 0.2) is 0 Å². The van der Waals surface area contributed by atoms with E-state index >= 15 is 0 Å². The second-order valence-corrected chi connectivity index (χ2v) is 5.37. The van der Waals surface area contributed by atoms with Gasteiger partial charge in [-0.15, -0.1) is 0 Å². The number of nitrogens with zero attached hydrogens (tertiary/aromatic N) is 1. The summed E-state index contributed by atoms with van der Waals surface area (Å²) in [5.74, 6) is 1.04. The second kappa shape index (κ2) is 3.58. The molecular formula is C8H9BrN2O2S. The van der Waals surface area contributed by atoms with E-state index in [1.54, 1.807) is 18.7 Å². The lowest BCUT2D eigenvalue weighted by molar-refractivity contribution is 0.638. The van der Waals surface area contributed by atoms with Crippen molar-refractivity contribution in [1.82, 2.24) is 9.55 Å². The first-order valence-electron chi connectivity index (χ1n) is 4.20. The molecule has 0 amide bonds. The molecule has 1 atom stereocenters. The van der Waals surface area contributed by atoms with Crippen LogP contribution >= 0.6 is 27.7 Å². The van der Waals surface area contributed by atoms with Gasteiger partial charge in [0, 0.05) is 23.2 Å². The molecule has 6 heteroatoms. The molecule has 2 heterocycles. The van der Waals surface area contributed by atoms with Crippen LogP contribution in [0, 0.1) is 6.92 Å². The SMILES string of the molecule is Cc1[nH]c(=O)n(CC2CS2)c(=O)c1Br. The van der Waals surface area contributed by atoms with Crippen LogP contribution < -0.4 is 11.2 Å². The monoisotopic (exact) mass is 276 g/mol. The van der Waals surface area contributed by atoms with Gasteiger partial charge in [0.25, 0.3) is 5.56 Å². The van der Waals surface area contributed by atoms with Gasteiger partial charge in [0.05, 0.1) is 0 Å². The van der Waals surface area contributed by atoms with Gasteiger partial charge in [-0.3, -0.25) is 9.36 Å². The van der Waals surface area contributed by atoms with Gasteiger partial charge in [-0.05, 0) is 22.9 Å². The molecule has 0 spiro atoms. The molecule has 1 aromatic rings. The van der Waals surface area contributed by atoms with E-state index in [9.17, 15) is 9.59 Å². The van der Waals surface area contributed by atoms with Crippen LogP contribution in [0.1, 0.15) is 5.69 Å². The van der Waals surface area contributed by atoms with Crippen LogP contribution in [0.3, 0.4) is 0 Å². The number of aromatic amines is 1. The van der Waals surface area contributed by atoms with Crippen LogP contribution in [-0.4, -0.2) is 20.6 Å². The average molecular weight is 277 g/mol. The van der Waals surface area contributed by atoms with E-state index in [0.29, 0.717) is 22.0 Å². The van der Waals surface area contributed by atoms with E-state index in [1.807, 2.05) is 0 Å². The molecule has 1 aliphatic heterocycles. The molecule has 2 rings (SSSR count). The molecule has 1 aliphatic rings. The average Bonchev–Trinajstić information content (AvgIpc) is 2.92. The number of hydrogen-bond acceptors (Lipinski definition) is 3. The lowest BCUT2D eigenvalue weighted by atomic mass is 10.4. The Balaban J connectivity index is 2.52. The number of nitrogens with one attached hydrogen (secondary N) is 1. The number of thioether (sulfide) groups is 1. The molecule has 0 aromatic carbocycles. The van der Waals surface area contributed by atoms with Crippen LogP contribution in [0.2, 0.25) is 0 Å². The normalized spacial score (nSPS) is 19.7. The fourth-order valence-electron chi connectivity index (χ4n) is 1.20. The predicted molar refractivity (Wildman–Crippen MR) is 60.0 cm³/mol. The summed E-state index contributed by atoms with van der Waals surface area (Å²) in [6.07, 6.45) is 0. The highest BCUT2D eigenvalue weighted by Crippen LogP contribution is 2.30. The molecule has 76 valence electrons. The fourth-order valence-corrected chi connectivity index (χ4v) is 2.01. The van der Waals surface area contributed by atoms with Crippen molar-refractivity contribution in [2.75, 3.05) is 5.75 Å². The minimum Gasteiger partial charge on any atom is -0.310 e. The van der Waals surface area contributed by atoms with Gasteiger partial charge in [-0.25, -0.2) is 4.79 Å². The maximum Gasteiger partial charge on any atom is 0.328 e. The largest absolute Gasteiger partial charge is 0.328 e. The highest BCUT2D eigenvalue weighted by atomic mass is 79.9. The standard InChI is InChI=1S/C8H9BrN2O2S/c1-4-6(9)7(12)11(8(13)10-4)2-5-3-14-5/h5H,2-3H2,1H3,(H,10,13). The van der Waals surface area contributed by atoms with E-state index in [-0.39, 0.29) is 11.2 Å². The van der Waals surface area contributed by atoms with Gasteiger partial charge < -0.3 is 4.98 Å². The van der Waals surface area contributed by atoms with Crippen molar-refractivity contribution < 1.29 is 0 Å². The Labute approximate surface area is 92.8 Å². The Bertz CT molecular complexity index is 475. The van der Waals surface area contributed by atoms with Crippen molar-refractivity contribution in [2.45, 2.75) is 18.7 Å². The second-order valence-electron chi connectivity index (χ2n) is 3.24. The first-order chi connectivity index (χ1) is 6.59. The quantitative estimate of drug-likeness (QED) is 0.810. The van der Waals surface area contributed by atoms with Crippen molar-refractivity contribution in [3.8, 4) is 0 Å². The molecule has 0 bridgehead atoms.